The summed E-state index contributed by atoms with van der Waals surface area (Å²) in [7, 11) is 0. The van der Waals surface area contributed by atoms with E-state index in [2.05, 4.69) is 54.8 Å². The molecule has 2 N–H and O–H groups in total. The first-order valence-electron chi connectivity index (χ1n) is 9.32. The van der Waals surface area contributed by atoms with Crippen molar-refractivity contribution >= 4 is 17.3 Å². The maximum Gasteiger partial charge on any atom is 0.191 e. The smallest absolute Gasteiger partial charge is 0.191 e. The van der Waals surface area contributed by atoms with E-state index in [1.165, 1.54) is 30.0 Å². The molecule has 0 radical (unpaired) electrons. The van der Waals surface area contributed by atoms with Crippen molar-refractivity contribution in [3.8, 4) is 0 Å². The fourth-order valence-corrected chi connectivity index (χ4v) is 3.71. The summed E-state index contributed by atoms with van der Waals surface area (Å²) in [5.41, 5.74) is 0. The summed E-state index contributed by atoms with van der Waals surface area (Å²) in [5.74, 6) is 3.20. The SMILES string of the molecule is CCNC(=NCc1cccs1)NCCCc1nnc2n1CCCCC2. The Morgan fingerprint density at radius 1 is 1.28 bits per heavy atom. The van der Waals surface area contributed by atoms with E-state index >= 15 is 0 Å². The van der Waals surface area contributed by atoms with Crippen LogP contribution in [0.25, 0.3) is 0 Å². The highest BCUT2D eigenvalue weighted by Crippen LogP contribution is 2.15. The van der Waals surface area contributed by atoms with Crippen molar-refractivity contribution in [1.29, 1.82) is 0 Å². The van der Waals surface area contributed by atoms with Gasteiger partial charge in [-0.2, -0.15) is 0 Å². The molecule has 1 aliphatic rings. The number of rotatable bonds is 7. The largest absolute Gasteiger partial charge is 0.357 e. The molecule has 0 atom stereocenters. The summed E-state index contributed by atoms with van der Waals surface area (Å²) in [5, 5.41) is 17.6. The number of aromatic nitrogens is 3. The lowest BCUT2D eigenvalue weighted by molar-refractivity contribution is 0.594. The van der Waals surface area contributed by atoms with Crippen LogP contribution in [0.1, 0.15) is 49.1 Å². The van der Waals surface area contributed by atoms with Gasteiger partial charge in [0.15, 0.2) is 5.96 Å². The molecule has 136 valence electrons. The highest BCUT2D eigenvalue weighted by molar-refractivity contribution is 7.09. The number of nitrogens with one attached hydrogen (secondary N) is 2. The summed E-state index contributed by atoms with van der Waals surface area (Å²) in [4.78, 5) is 5.93. The number of aryl methyl sites for hydroxylation is 2. The minimum Gasteiger partial charge on any atom is -0.357 e. The van der Waals surface area contributed by atoms with Gasteiger partial charge in [0.2, 0.25) is 0 Å². The molecule has 0 aromatic carbocycles. The molecular weight excluding hydrogens is 332 g/mol. The van der Waals surface area contributed by atoms with E-state index in [0.717, 1.165) is 57.2 Å². The minimum absolute atomic E-state index is 0.727. The van der Waals surface area contributed by atoms with Crippen molar-refractivity contribution in [3.05, 3.63) is 34.0 Å². The zero-order valence-electron chi connectivity index (χ0n) is 15.0. The maximum absolute atomic E-state index is 4.64. The molecule has 0 amide bonds. The molecule has 0 spiro atoms. The Hall–Kier alpha value is -1.89. The van der Waals surface area contributed by atoms with Crippen molar-refractivity contribution in [2.45, 2.75) is 58.5 Å². The third kappa shape index (κ3) is 5.29. The van der Waals surface area contributed by atoms with Crippen molar-refractivity contribution in [3.63, 3.8) is 0 Å². The predicted octanol–water partition coefficient (Wildman–Crippen LogP) is 2.75. The molecule has 1 aliphatic heterocycles. The molecule has 3 heterocycles. The van der Waals surface area contributed by atoms with Crippen LogP contribution >= 0.6 is 11.3 Å². The van der Waals surface area contributed by atoms with Crippen molar-refractivity contribution in [2.24, 2.45) is 4.99 Å². The second-order valence-corrected chi connectivity index (χ2v) is 7.33. The van der Waals surface area contributed by atoms with Crippen LogP contribution in [0.15, 0.2) is 22.5 Å². The Labute approximate surface area is 153 Å². The van der Waals surface area contributed by atoms with Crippen molar-refractivity contribution in [1.82, 2.24) is 25.4 Å². The second-order valence-electron chi connectivity index (χ2n) is 6.30. The highest BCUT2D eigenvalue weighted by atomic mass is 32.1. The Balaban J connectivity index is 1.46. The summed E-state index contributed by atoms with van der Waals surface area (Å²) >= 11 is 1.74. The fraction of sp³-hybridized carbons (Fsp3) is 0.611. The zero-order valence-corrected chi connectivity index (χ0v) is 15.8. The quantitative estimate of drug-likeness (QED) is 0.453. The molecule has 0 bridgehead atoms. The molecule has 3 rings (SSSR count). The van der Waals surface area contributed by atoms with Crippen LogP contribution in [0.3, 0.4) is 0 Å². The number of fused-ring (bicyclic) bond motifs is 1. The molecule has 2 aromatic heterocycles. The Bertz CT molecular complexity index is 661. The molecule has 6 nitrogen and oxygen atoms in total. The van der Waals surface area contributed by atoms with E-state index in [1.807, 2.05) is 0 Å². The number of guanidine groups is 1. The van der Waals surface area contributed by atoms with Crippen LogP contribution in [0.4, 0.5) is 0 Å². The molecule has 0 aliphatic carbocycles. The van der Waals surface area contributed by atoms with Crippen molar-refractivity contribution in [2.75, 3.05) is 13.1 Å². The monoisotopic (exact) mass is 360 g/mol. The van der Waals surface area contributed by atoms with E-state index in [9.17, 15) is 0 Å². The van der Waals surface area contributed by atoms with E-state index < -0.39 is 0 Å². The molecule has 0 saturated heterocycles. The summed E-state index contributed by atoms with van der Waals surface area (Å²) < 4.78 is 2.34. The van der Waals surface area contributed by atoms with Crippen molar-refractivity contribution < 1.29 is 0 Å². The standard InChI is InChI=1S/C18H28N6S/c1-2-19-18(21-14-15-8-7-13-25-15)20-11-6-10-17-23-22-16-9-4-3-5-12-24(16)17/h7-8,13H,2-6,9-12,14H2,1H3,(H2,19,20,21). The van der Waals surface area contributed by atoms with Gasteiger partial charge in [-0.1, -0.05) is 12.5 Å². The lowest BCUT2D eigenvalue weighted by Gasteiger charge is -2.11. The second kappa shape index (κ2) is 9.56. The third-order valence-corrected chi connectivity index (χ3v) is 5.23. The van der Waals surface area contributed by atoms with Gasteiger partial charge in [-0.05, 0) is 37.6 Å². The first kappa shape index (κ1) is 17.9. The predicted molar refractivity (Wildman–Crippen MR) is 103 cm³/mol. The first-order valence-corrected chi connectivity index (χ1v) is 10.2. The van der Waals surface area contributed by atoms with Gasteiger partial charge >= 0.3 is 0 Å². The van der Waals surface area contributed by atoms with Crippen LogP contribution in [0.2, 0.25) is 0 Å². The van der Waals surface area contributed by atoms with Gasteiger partial charge in [0.05, 0.1) is 6.54 Å². The number of hydrogen-bond acceptors (Lipinski definition) is 4. The molecule has 0 saturated carbocycles. The van der Waals surface area contributed by atoms with Gasteiger partial charge in [-0.3, -0.25) is 0 Å². The molecule has 7 heteroatoms. The van der Waals surface area contributed by atoms with E-state index in [-0.39, 0.29) is 0 Å². The van der Waals surface area contributed by atoms with Crippen LogP contribution in [0.5, 0.6) is 0 Å². The lowest BCUT2D eigenvalue weighted by atomic mass is 10.2. The Morgan fingerprint density at radius 3 is 3.08 bits per heavy atom. The van der Waals surface area contributed by atoms with Gasteiger partial charge in [-0.15, -0.1) is 21.5 Å². The average molecular weight is 361 g/mol. The topological polar surface area (TPSA) is 67.1 Å². The first-order chi connectivity index (χ1) is 12.4. The minimum atomic E-state index is 0.727. The van der Waals surface area contributed by atoms with Crippen LogP contribution in [-0.4, -0.2) is 33.8 Å². The number of aliphatic imine (C=N–C) groups is 1. The van der Waals surface area contributed by atoms with Gasteiger partial charge in [0.25, 0.3) is 0 Å². The molecule has 0 unspecified atom stereocenters. The third-order valence-electron chi connectivity index (χ3n) is 4.37. The van der Waals surface area contributed by atoms with Gasteiger partial charge in [0, 0.05) is 37.4 Å². The lowest BCUT2D eigenvalue weighted by Crippen LogP contribution is -2.37. The maximum atomic E-state index is 4.64. The Kier molecular flexibility index (Phi) is 6.85. The summed E-state index contributed by atoms with van der Waals surface area (Å²) in [6, 6.07) is 4.19. The molecule has 0 fully saturated rings. The molecule has 2 aromatic rings. The van der Waals surface area contributed by atoms with Gasteiger partial charge in [0.1, 0.15) is 11.6 Å². The van der Waals surface area contributed by atoms with Gasteiger partial charge < -0.3 is 15.2 Å². The van der Waals surface area contributed by atoms with Crippen LogP contribution in [-0.2, 0) is 25.9 Å². The number of hydrogen-bond donors (Lipinski definition) is 2. The summed E-state index contributed by atoms with van der Waals surface area (Å²) in [6.45, 7) is 5.65. The van der Waals surface area contributed by atoms with Crippen LogP contribution in [0, 0.1) is 0 Å². The zero-order chi connectivity index (χ0) is 17.3. The highest BCUT2D eigenvalue weighted by Gasteiger charge is 2.14. The average Bonchev–Trinajstić information content (AvgIpc) is 3.21. The fourth-order valence-electron chi connectivity index (χ4n) is 3.08. The normalized spacial score (nSPS) is 14.8. The van der Waals surface area contributed by atoms with E-state index in [0.29, 0.717) is 0 Å². The van der Waals surface area contributed by atoms with Crippen LogP contribution < -0.4 is 10.6 Å². The Morgan fingerprint density at radius 2 is 2.24 bits per heavy atom. The molecular formula is C18H28N6S. The number of thiophene rings is 1. The summed E-state index contributed by atoms with van der Waals surface area (Å²) in [6.07, 6.45) is 6.86. The van der Waals surface area contributed by atoms with E-state index in [4.69, 9.17) is 0 Å². The van der Waals surface area contributed by atoms with E-state index in [1.54, 1.807) is 11.3 Å². The van der Waals surface area contributed by atoms with Gasteiger partial charge in [-0.25, -0.2) is 4.99 Å². The molecule has 25 heavy (non-hydrogen) atoms. The number of nitrogens with zero attached hydrogens (tertiary/aromatic N) is 4.